The normalized spacial score (nSPS) is 15.7. The summed E-state index contributed by atoms with van der Waals surface area (Å²) in [7, 11) is 0. The van der Waals surface area contributed by atoms with Crippen molar-refractivity contribution in [2.24, 2.45) is 17.6 Å². The van der Waals surface area contributed by atoms with E-state index in [0.29, 0.717) is 5.92 Å². The maximum atomic E-state index is 11.4. The minimum Gasteiger partial charge on any atom is -0.461 e. The Bertz CT molecular complexity index is 178. The van der Waals surface area contributed by atoms with E-state index in [-0.39, 0.29) is 18.0 Å². The van der Waals surface area contributed by atoms with Crippen LogP contribution < -0.4 is 5.73 Å². The molecule has 2 N–H and O–H groups in total. The van der Waals surface area contributed by atoms with E-state index in [9.17, 15) is 4.79 Å². The Balaban J connectivity index is 3.93. The molecule has 0 spiro atoms. The first-order valence-electron chi connectivity index (χ1n) is 5.30. The van der Waals surface area contributed by atoms with Crippen molar-refractivity contribution < 1.29 is 9.53 Å². The van der Waals surface area contributed by atoms with Crippen molar-refractivity contribution in [1.82, 2.24) is 0 Å². The average Bonchev–Trinajstić information content (AvgIpc) is 2.00. The van der Waals surface area contributed by atoms with Gasteiger partial charge in [0.1, 0.15) is 6.04 Å². The molecular weight excluding hydrogens is 178 g/mol. The van der Waals surface area contributed by atoms with Crippen LogP contribution in [0.1, 0.15) is 41.0 Å². The fourth-order valence-electron chi connectivity index (χ4n) is 1.26. The highest BCUT2D eigenvalue weighted by atomic mass is 16.5. The molecule has 0 radical (unpaired) electrons. The Morgan fingerprint density at radius 1 is 1.21 bits per heavy atom. The summed E-state index contributed by atoms with van der Waals surface area (Å²) in [4.78, 5) is 11.4. The number of rotatable bonds is 5. The van der Waals surface area contributed by atoms with E-state index in [1.54, 1.807) is 0 Å². The third-order valence-electron chi connectivity index (χ3n) is 2.11. The highest BCUT2D eigenvalue weighted by molar-refractivity contribution is 5.75. The Kier molecular flexibility index (Phi) is 5.77. The smallest absolute Gasteiger partial charge is 0.323 e. The number of ether oxygens (including phenoxy) is 1. The van der Waals surface area contributed by atoms with Crippen molar-refractivity contribution >= 4 is 5.97 Å². The summed E-state index contributed by atoms with van der Waals surface area (Å²) in [5.41, 5.74) is 5.66. The molecule has 0 aromatic rings. The second-order valence-electron chi connectivity index (χ2n) is 4.65. The van der Waals surface area contributed by atoms with E-state index >= 15 is 0 Å². The molecule has 14 heavy (non-hydrogen) atoms. The van der Waals surface area contributed by atoms with Crippen molar-refractivity contribution in [3.05, 3.63) is 0 Å². The van der Waals surface area contributed by atoms with E-state index in [0.717, 1.165) is 6.42 Å². The monoisotopic (exact) mass is 201 g/mol. The lowest BCUT2D eigenvalue weighted by molar-refractivity contribution is -0.151. The van der Waals surface area contributed by atoms with Crippen LogP contribution in [0.15, 0.2) is 0 Å². The fraction of sp³-hybridized carbons (Fsp3) is 0.909. The molecule has 0 heterocycles. The van der Waals surface area contributed by atoms with Crippen LogP contribution in [0.4, 0.5) is 0 Å². The van der Waals surface area contributed by atoms with Crippen LogP contribution in [-0.2, 0) is 9.53 Å². The predicted molar refractivity (Wildman–Crippen MR) is 57.8 cm³/mol. The molecule has 0 aliphatic carbocycles. The molecule has 0 aliphatic rings. The molecule has 0 aliphatic heterocycles. The largest absolute Gasteiger partial charge is 0.461 e. The minimum absolute atomic E-state index is 0.0349. The van der Waals surface area contributed by atoms with Gasteiger partial charge in [0.05, 0.1) is 6.10 Å². The molecule has 2 atom stereocenters. The number of esters is 1. The molecule has 0 aromatic carbocycles. The van der Waals surface area contributed by atoms with E-state index in [4.69, 9.17) is 10.5 Å². The van der Waals surface area contributed by atoms with Crippen LogP contribution in [0.25, 0.3) is 0 Å². The standard InChI is InChI=1S/C11H23NO2/c1-7(2)6-9(5)14-11(13)10(12)8(3)4/h7-10H,6,12H2,1-5H3. The van der Waals surface area contributed by atoms with Crippen molar-refractivity contribution in [1.29, 1.82) is 0 Å². The van der Waals surface area contributed by atoms with Gasteiger partial charge in [-0.3, -0.25) is 4.79 Å². The molecular formula is C11H23NO2. The van der Waals surface area contributed by atoms with Gasteiger partial charge in [0.25, 0.3) is 0 Å². The molecule has 3 nitrogen and oxygen atoms in total. The number of carbonyl (C=O) groups is 1. The summed E-state index contributed by atoms with van der Waals surface area (Å²) in [6.07, 6.45) is 0.851. The number of nitrogens with two attached hydrogens (primary N) is 1. The van der Waals surface area contributed by atoms with E-state index in [1.807, 2.05) is 20.8 Å². The van der Waals surface area contributed by atoms with E-state index in [1.165, 1.54) is 0 Å². The topological polar surface area (TPSA) is 52.3 Å². The summed E-state index contributed by atoms with van der Waals surface area (Å²) in [6.45, 7) is 9.95. The van der Waals surface area contributed by atoms with Gasteiger partial charge in [-0.2, -0.15) is 0 Å². The summed E-state index contributed by atoms with van der Waals surface area (Å²) in [5.74, 6) is 0.384. The SMILES string of the molecule is CC(C)CC(C)OC(=O)C(N)C(C)C. The Morgan fingerprint density at radius 2 is 1.71 bits per heavy atom. The first-order chi connectivity index (χ1) is 6.34. The zero-order valence-corrected chi connectivity index (χ0v) is 9.91. The van der Waals surface area contributed by atoms with Gasteiger partial charge >= 0.3 is 5.97 Å². The van der Waals surface area contributed by atoms with Gasteiger partial charge in [-0.25, -0.2) is 0 Å². The van der Waals surface area contributed by atoms with Crippen molar-refractivity contribution in [3.63, 3.8) is 0 Å². The van der Waals surface area contributed by atoms with Crippen LogP contribution in [-0.4, -0.2) is 18.1 Å². The first-order valence-corrected chi connectivity index (χ1v) is 5.30. The van der Waals surface area contributed by atoms with Crippen LogP contribution in [0.2, 0.25) is 0 Å². The summed E-state index contributed by atoms with van der Waals surface area (Å²) >= 11 is 0. The molecule has 84 valence electrons. The second kappa shape index (κ2) is 6.02. The Labute approximate surface area is 87.0 Å². The Morgan fingerprint density at radius 3 is 2.07 bits per heavy atom. The molecule has 2 unspecified atom stereocenters. The first kappa shape index (κ1) is 13.4. The highest BCUT2D eigenvalue weighted by Crippen LogP contribution is 2.09. The molecule has 3 heteroatoms. The molecule has 0 fully saturated rings. The fourth-order valence-corrected chi connectivity index (χ4v) is 1.26. The quantitative estimate of drug-likeness (QED) is 0.692. The minimum atomic E-state index is -0.496. The zero-order valence-electron chi connectivity index (χ0n) is 9.91. The summed E-state index contributed by atoms with van der Waals surface area (Å²) in [6, 6.07) is -0.496. The van der Waals surface area contributed by atoms with Crippen LogP contribution in [0.5, 0.6) is 0 Å². The summed E-state index contributed by atoms with van der Waals surface area (Å²) < 4.78 is 5.22. The molecule has 0 amide bonds. The highest BCUT2D eigenvalue weighted by Gasteiger charge is 2.21. The Hall–Kier alpha value is -0.570. The third kappa shape index (κ3) is 5.22. The van der Waals surface area contributed by atoms with Crippen molar-refractivity contribution in [2.75, 3.05) is 0 Å². The van der Waals surface area contributed by atoms with Crippen LogP contribution >= 0.6 is 0 Å². The van der Waals surface area contributed by atoms with Gasteiger partial charge < -0.3 is 10.5 Å². The summed E-state index contributed by atoms with van der Waals surface area (Å²) in [5, 5.41) is 0. The third-order valence-corrected chi connectivity index (χ3v) is 2.11. The predicted octanol–water partition coefficient (Wildman–Crippen LogP) is 1.95. The molecule has 0 rings (SSSR count). The van der Waals surface area contributed by atoms with Gasteiger partial charge in [-0.05, 0) is 25.2 Å². The maximum Gasteiger partial charge on any atom is 0.323 e. The van der Waals surface area contributed by atoms with Gasteiger partial charge in [0.15, 0.2) is 0 Å². The lowest BCUT2D eigenvalue weighted by atomic mass is 10.1. The number of hydrogen-bond acceptors (Lipinski definition) is 3. The van der Waals surface area contributed by atoms with Gasteiger partial charge in [0, 0.05) is 0 Å². The van der Waals surface area contributed by atoms with Gasteiger partial charge in [-0.1, -0.05) is 27.7 Å². The maximum absolute atomic E-state index is 11.4. The van der Waals surface area contributed by atoms with Crippen LogP contribution in [0.3, 0.4) is 0 Å². The van der Waals surface area contributed by atoms with Gasteiger partial charge in [-0.15, -0.1) is 0 Å². The lowest BCUT2D eigenvalue weighted by Crippen LogP contribution is -2.38. The molecule has 0 bridgehead atoms. The van der Waals surface area contributed by atoms with E-state index < -0.39 is 6.04 Å². The van der Waals surface area contributed by atoms with Crippen molar-refractivity contribution in [2.45, 2.75) is 53.2 Å². The number of carbonyl (C=O) groups excluding carboxylic acids is 1. The van der Waals surface area contributed by atoms with Crippen molar-refractivity contribution in [3.8, 4) is 0 Å². The lowest BCUT2D eigenvalue weighted by Gasteiger charge is -2.19. The van der Waals surface area contributed by atoms with Crippen LogP contribution in [0, 0.1) is 11.8 Å². The number of hydrogen-bond donors (Lipinski definition) is 1. The van der Waals surface area contributed by atoms with Gasteiger partial charge in [0.2, 0.25) is 0 Å². The zero-order chi connectivity index (χ0) is 11.3. The average molecular weight is 201 g/mol. The molecule has 0 saturated heterocycles. The second-order valence-corrected chi connectivity index (χ2v) is 4.65. The molecule has 0 aromatic heterocycles. The van der Waals surface area contributed by atoms with E-state index in [2.05, 4.69) is 13.8 Å². The molecule has 0 saturated carbocycles.